The van der Waals surface area contributed by atoms with Gasteiger partial charge >= 0.3 is 0 Å². The second-order valence-corrected chi connectivity index (χ2v) is 5.06. The van der Waals surface area contributed by atoms with Gasteiger partial charge in [0.25, 0.3) is 0 Å². The highest BCUT2D eigenvalue weighted by Gasteiger charge is 2.11. The van der Waals surface area contributed by atoms with Crippen LogP contribution in [-0.2, 0) is 0 Å². The van der Waals surface area contributed by atoms with Crippen LogP contribution in [0.1, 0.15) is 51.9 Å². The Labute approximate surface area is 91.7 Å². The largest absolute Gasteiger partial charge is 0.123 e. The van der Waals surface area contributed by atoms with Gasteiger partial charge in [0.05, 0.1) is 0 Å². The molecule has 1 fully saturated rings. The van der Waals surface area contributed by atoms with Gasteiger partial charge in [0.15, 0.2) is 0 Å². The maximum atomic E-state index is 2.30. The van der Waals surface area contributed by atoms with Gasteiger partial charge in [-0.15, -0.1) is 0 Å². The highest BCUT2D eigenvalue weighted by Crippen LogP contribution is 2.26. The molecule has 14 heavy (non-hydrogen) atoms. The first-order chi connectivity index (χ1) is 6.93. The molecule has 0 aromatic rings. The number of hydrogen-bond acceptors (Lipinski definition) is 0. The fraction of sp³-hybridized carbons (Fsp3) is 1.00. The molecular formula is C12H26B2. The highest BCUT2D eigenvalue weighted by molar-refractivity contribution is 6.43. The molecule has 1 aliphatic carbocycles. The molecule has 0 unspecified atom stereocenters. The molecule has 0 aromatic carbocycles. The first kappa shape index (κ1) is 12.2. The van der Waals surface area contributed by atoms with Crippen LogP contribution >= 0.6 is 0 Å². The topological polar surface area (TPSA) is 0 Å². The lowest BCUT2D eigenvalue weighted by atomic mass is 9.53. The standard InChI is InChI=1S/C12H26B2/c1-2-13-10-11-14-12-8-6-4-3-5-7-9-12/h12-14H,2-11H2,1H3. The van der Waals surface area contributed by atoms with Crippen LogP contribution < -0.4 is 0 Å². The summed E-state index contributed by atoms with van der Waals surface area (Å²) in [6, 6.07) is 0. The molecule has 0 N–H and O–H groups in total. The lowest BCUT2D eigenvalue weighted by molar-refractivity contribution is 0.501. The summed E-state index contributed by atoms with van der Waals surface area (Å²) < 4.78 is 0. The molecule has 1 saturated carbocycles. The van der Waals surface area contributed by atoms with Crippen molar-refractivity contribution < 1.29 is 0 Å². The summed E-state index contributed by atoms with van der Waals surface area (Å²) in [6.07, 6.45) is 15.0. The molecule has 1 aliphatic rings. The smallest absolute Gasteiger partial charge is 0.0842 e. The molecule has 0 spiro atoms. The minimum atomic E-state index is 1.09. The van der Waals surface area contributed by atoms with Crippen molar-refractivity contribution in [3.05, 3.63) is 0 Å². The molecule has 0 heterocycles. The van der Waals surface area contributed by atoms with Gasteiger partial charge in [-0.05, 0) is 0 Å². The van der Waals surface area contributed by atoms with Crippen molar-refractivity contribution in [2.24, 2.45) is 0 Å². The first-order valence-corrected chi connectivity index (χ1v) is 6.93. The molecule has 80 valence electrons. The van der Waals surface area contributed by atoms with E-state index in [-0.39, 0.29) is 0 Å². The Morgan fingerprint density at radius 1 is 0.929 bits per heavy atom. The predicted molar refractivity (Wildman–Crippen MR) is 70.5 cm³/mol. The zero-order chi connectivity index (χ0) is 10.1. The zero-order valence-electron chi connectivity index (χ0n) is 10.1. The molecular weight excluding hydrogens is 166 g/mol. The molecule has 0 atom stereocenters. The molecule has 0 amide bonds. The quantitative estimate of drug-likeness (QED) is 0.460. The van der Waals surface area contributed by atoms with E-state index in [1.54, 1.807) is 0 Å². The van der Waals surface area contributed by atoms with E-state index in [0.717, 1.165) is 5.82 Å². The van der Waals surface area contributed by atoms with E-state index < -0.39 is 0 Å². The van der Waals surface area contributed by atoms with Crippen LogP contribution in [0.3, 0.4) is 0 Å². The molecule has 0 nitrogen and oxygen atoms in total. The Morgan fingerprint density at radius 2 is 1.57 bits per heavy atom. The van der Waals surface area contributed by atoms with Crippen molar-refractivity contribution in [3.8, 4) is 0 Å². The third kappa shape index (κ3) is 5.78. The Hall–Kier alpha value is 0.130. The van der Waals surface area contributed by atoms with Crippen LogP contribution in [0, 0.1) is 0 Å². The van der Waals surface area contributed by atoms with E-state index in [1.165, 1.54) is 78.5 Å². The summed E-state index contributed by atoms with van der Waals surface area (Å²) in [5.41, 5.74) is 0. The maximum Gasteiger partial charge on any atom is 0.123 e. The van der Waals surface area contributed by atoms with Gasteiger partial charge in [-0.25, -0.2) is 0 Å². The van der Waals surface area contributed by atoms with Crippen molar-refractivity contribution >= 4 is 14.6 Å². The minimum absolute atomic E-state index is 1.09. The van der Waals surface area contributed by atoms with Crippen LogP contribution in [0.4, 0.5) is 0 Å². The second-order valence-electron chi connectivity index (χ2n) is 5.06. The minimum Gasteiger partial charge on any atom is -0.0842 e. The SMILES string of the molecule is CCBCCBC1CCCCCCC1. The van der Waals surface area contributed by atoms with Gasteiger partial charge < -0.3 is 0 Å². The van der Waals surface area contributed by atoms with Crippen molar-refractivity contribution in [2.75, 3.05) is 0 Å². The predicted octanol–water partition coefficient (Wildman–Crippen LogP) is 3.67. The van der Waals surface area contributed by atoms with Crippen LogP contribution in [0.25, 0.3) is 0 Å². The van der Waals surface area contributed by atoms with Crippen molar-refractivity contribution in [1.29, 1.82) is 0 Å². The van der Waals surface area contributed by atoms with Crippen LogP contribution in [-0.4, -0.2) is 14.6 Å². The maximum absolute atomic E-state index is 2.30. The highest BCUT2D eigenvalue weighted by atomic mass is 14.1. The second kappa shape index (κ2) is 8.44. The third-order valence-corrected chi connectivity index (χ3v) is 3.69. The van der Waals surface area contributed by atoms with Gasteiger partial charge in [0.2, 0.25) is 0 Å². The van der Waals surface area contributed by atoms with Crippen LogP contribution in [0.2, 0.25) is 24.8 Å². The summed E-state index contributed by atoms with van der Waals surface area (Å²) >= 11 is 0. The molecule has 0 bridgehead atoms. The van der Waals surface area contributed by atoms with Crippen molar-refractivity contribution in [1.82, 2.24) is 0 Å². The lowest BCUT2D eigenvalue weighted by Crippen LogP contribution is -2.06. The summed E-state index contributed by atoms with van der Waals surface area (Å²) in [4.78, 5) is 0. The average molecular weight is 192 g/mol. The van der Waals surface area contributed by atoms with Gasteiger partial charge in [-0.3, -0.25) is 0 Å². The Kier molecular flexibility index (Phi) is 7.35. The van der Waals surface area contributed by atoms with Crippen molar-refractivity contribution in [3.63, 3.8) is 0 Å². The molecule has 1 rings (SSSR count). The summed E-state index contributed by atoms with van der Waals surface area (Å²) in [5.74, 6) is 1.09. The summed E-state index contributed by atoms with van der Waals surface area (Å²) in [7, 11) is 2.98. The normalized spacial score (nSPS) is 19.8. The molecule has 0 aliphatic heterocycles. The van der Waals surface area contributed by atoms with Gasteiger partial charge in [0.1, 0.15) is 14.6 Å². The number of hydrogen-bond donors (Lipinski definition) is 0. The van der Waals surface area contributed by atoms with E-state index in [9.17, 15) is 0 Å². The monoisotopic (exact) mass is 192 g/mol. The Balaban J connectivity index is 2.02. The molecule has 0 aromatic heterocycles. The molecule has 0 saturated heterocycles. The third-order valence-electron chi connectivity index (χ3n) is 3.69. The van der Waals surface area contributed by atoms with Crippen LogP contribution in [0.15, 0.2) is 0 Å². The van der Waals surface area contributed by atoms with E-state index in [0.29, 0.717) is 0 Å². The fourth-order valence-corrected chi connectivity index (χ4v) is 2.69. The summed E-state index contributed by atoms with van der Waals surface area (Å²) in [5, 5.41) is 0. The van der Waals surface area contributed by atoms with E-state index >= 15 is 0 Å². The van der Waals surface area contributed by atoms with Gasteiger partial charge in [-0.1, -0.05) is 76.6 Å². The summed E-state index contributed by atoms with van der Waals surface area (Å²) in [6.45, 7) is 2.30. The fourth-order valence-electron chi connectivity index (χ4n) is 2.69. The van der Waals surface area contributed by atoms with E-state index in [1.807, 2.05) is 0 Å². The van der Waals surface area contributed by atoms with Gasteiger partial charge in [0, 0.05) is 0 Å². The van der Waals surface area contributed by atoms with E-state index in [2.05, 4.69) is 6.92 Å². The molecule has 0 radical (unpaired) electrons. The average Bonchev–Trinajstić information content (AvgIpc) is 2.15. The first-order valence-electron chi connectivity index (χ1n) is 6.93. The van der Waals surface area contributed by atoms with E-state index in [4.69, 9.17) is 0 Å². The Morgan fingerprint density at radius 3 is 2.21 bits per heavy atom. The molecule has 2 heteroatoms. The lowest BCUT2D eigenvalue weighted by Gasteiger charge is -2.18. The Bertz CT molecular complexity index is 117. The zero-order valence-corrected chi connectivity index (χ0v) is 10.1. The number of rotatable bonds is 5. The van der Waals surface area contributed by atoms with Gasteiger partial charge in [-0.2, -0.15) is 0 Å². The van der Waals surface area contributed by atoms with Crippen molar-refractivity contribution in [2.45, 2.75) is 76.6 Å². The van der Waals surface area contributed by atoms with Crippen LogP contribution in [0.5, 0.6) is 0 Å².